The van der Waals surface area contributed by atoms with Crippen LogP contribution < -0.4 is 4.74 Å². The van der Waals surface area contributed by atoms with Crippen molar-refractivity contribution in [3.8, 4) is 11.5 Å². The molecule has 0 radical (unpaired) electrons. The predicted octanol–water partition coefficient (Wildman–Crippen LogP) is 6.17. The van der Waals surface area contributed by atoms with Gasteiger partial charge in [0, 0.05) is 5.56 Å². The van der Waals surface area contributed by atoms with Crippen molar-refractivity contribution in [2.75, 3.05) is 0 Å². The summed E-state index contributed by atoms with van der Waals surface area (Å²) in [6, 6.07) is 10.5. The summed E-state index contributed by atoms with van der Waals surface area (Å²) in [6.07, 6.45) is 4.33. The quantitative estimate of drug-likeness (QED) is 0.467. The molecule has 2 aromatic rings. The van der Waals surface area contributed by atoms with Crippen LogP contribution in [0.25, 0.3) is 0 Å². The third-order valence-corrected chi connectivity index (χ3v) is 7.05. The van der Waals surface area contributed by atoms with Gasteiger partial charge in [0.15, 0.2) is 0 Å². The molecule has 0 bridgehead atoms. The number of ketones is 1. The van der Waals surface area contributed by atoms with E-state index in [-0.39, 0.29) is 38.7 Å². The second-order valence-electron chi connectivity index (χ2n) is 7.95. The van der Waals surface area contributed by atoms with Crippen LogP contribution in [0.2, 0.25) is 5.02 Å². The van der Waals surface area contributed by atoms with Gasteiger partial charge in [0.2, 0.25) is 5.78 Å². The smallest absolute Gasteiger partial charge is 0.288 e. The van der Waals surface area contributed by atoms with Crippen molar-refractivity contribution in [3.63, 3.8) is 0 Å². The lowest BCUT2D eigenvalue weighted by Crippen LogP contribution is -2.54. The lowest BCUT2D eigenvalue weighted by atomic mass is 9.97. The number of halogens is 3. The van der Waals surface area contributed by atoms with Gasteiger partial charge in [-0.05, 0) is 24.5 Å². The number of fused-ring (bicyclic) bond motifs is 1. The first-order valence-electron chi connectivity index (χ1n) is 10.5. The number of ether oxygens (including phenoxy) is 1. The molecule has 2 aliphatic heterocycles. The van der Waals surface area contributed by atoms with Gasteiger partial charge in [-0.15, -0.1) is 0 Å². The summed E-state index contributed by atoms with van der Waals surface area (Å²) in [4.78, 5) is 27.9. The number of Topliss-reactive ketones (excluding diaryl/α,β-unsaturated/α-hetero) is 1. The maximum Gasteiger partial charge on any atom is 0.288 e. The van der Waals surface area contributed by atoms with Crippen LogP contribution in [0.1, 0.15) is 54.1 Å². The molecule has 0 saturated carbocycles. The van der Waals surface area contributed by atoms with E-state index in [0.29, 0.717) is 12.0 Å². The van der Waals surface area contributed by atoms with Crippen LogP contribution in [-0.4, -0.2) is 27.4 Å². The second-order valence-corrected chi connectivity index (χ2v) is 9.12. The first kappa shape index (κ1) is 23.0. The van der Waals surface area contributed by atoms with Gasteiger partial charge >= 0.3 is 0 Å². The SMILES string of the molecule is CCCCCCc1c(O)c(Cl)cc2c1OC1(C2=O)C(Cl)=C(Cl)C(=O)N1Cc1ccccc1. The van der Waals surface area contributed by atoms with Gasteiger partial charge in [-0.1, -0.05) is 91.3 Å². The van der Waals surface area contributed by atoms with E-state index in [0.717, 1.165) is 31.2 Å². The second kappa shape index (κ2) is 8.97. The first-order chi connectivity index (χ1) is 15.3. The number of hydrogen-bond acceptors (Lipinski definition) is 4. The highest BCUT2D eigenvalue weighted by Crippen LogP contribution is 2.53. The van der Waals surface area contributed by atoms with Crippen LogP contribution in [0.15, 0.2) is 46.5 Å². The molecule has 0 saturated heterocycles. The molecule has 2 heterocycles. The lowest BCUT2D eigenvalue weighted by molar-refractivity contribution is -0.135. The maximum atomic E-state index is 13.7. The molecule has 1 atom stereocenters. The molecule has 2 aromatic carbocycles. The molecule has 0 aromatic heterocycles. The standard InChI is InChI=1S/C24H22Cl3NO4/c1-2-3-4-8-11-15-19(29)17(25)12-16-20(15)32-24(22(16)30)21(27)18(26)23(31)28(24)13-14-9-6-5-7-10-14/h5-7,9-10,12,29H,2-4,8,11,13H2,1H3. The van der Waals surface area contributed by atoms with Gasteiger partial charge in [0.1, 0.15) is 21.6 Å². The highest BCUT2D eigenvalue weighted by molar-refractivity contribution is 6.51. The third-order valence-electron chi connectivity index (χ3n) is 5.87. The Labute approximate surface area is 201 Å². The fourth-order valence-corrected chi connectivity index (χ4v) is 4.95. The number of phenolic OH excluding ortho intramolecular Hbond substituents is 1. The number of carbonyl (C=O) groups excluding carboxylic acids is 2. The molecule has 2 aliphatic rings. The average Bonchev–Trinajstić information content (AvgIpc) is 3.17. The highest BCUT2D eigenvalue weighted by Gasteiger charge is 2.63. The number of hydrogen-bond donors (Lipinski definition) is 1. The van der Waals surface area contributed by atoms with E-state index < -0.39 is 17.4 Å². The lowest BCUT2D eigenvalue weighted by Gasteiger charge is -2.33. The van der Waals surface area contributed by atoms with E-state index in [1.807, 2.05) is 30.3 Å². The molecule has 1 spiro atoms. The number of nitrogens with zero attached hydrogens (tertiary/aromatic N) is 1. The van der Waals surface area contributed by atoms with Gasteiger partial charge in [0.05, 0.1) is 17.1 Å². The first-order valence-corrected chi connectivity index (χ1v) is 11.7. The zero-order valence-electron chi connectivity index (χ0n) is 17.5. The molecule has 5 nitrogen and oxygen atoms in total. The van der Waals surface area contributed by atoms with Crippen LogP contribution in [-0.2, 0) is 17.8 Å². The maximum absolute atomic E-state index is 13.7. The number of benzene rings is 2. The fourth-order valence-electron chi connectivity index (χ4n) is 4.19. The molecule has 0 fully saturated rings. The molecule has 32 heavy (non-hydrogen) atoms. The largest absolute Gasteiger partial charge is 0.506 e. The Morgan fingerprint density at radius 3 is 2.47 bits per heavy atom. The van der Waals surface area contributed by atoms with Gasteiger partial charge < -0.3 is 9.84 Å². The Hall–Kier alpha value is -2.21. The molecule has 8 heteroatoms. The zero-order valence-corrected chi connectivity index (χ0v) is 19.7. The van der Waals surface area contributed by atoms with Crippen molar-refractivity contribution in [3.05, 3.63) is 68.2 Å². The monoisotopic (exact) mass is 493 g/mol. The van der Waals surface area contributed by atoms with Gasteiger partial charge in [-0.2, -0.15) is 0 Å². The van der Waals surface area contributed by atoms with Crippen molar-refractivity contribution >= 4 is 46.5 Å². The van der Waals surface area contributed by atoms with E-state index in [9.17, 15) is 14.7 Å². The van der Waals surface area contributed by atoms with Crippen molar-refractivity contribution in [2.45, 2.75) is 51.3 Å². The molecular formula is C24H22Cl3NO4. The summed E-state index contributed by atoms with van der Waals surface area (Å²) in [7, 11) is 0. The summed E-state index contributed by atoms with van der Waals surface area (Å²) in [5.41, 5.74) is -0.519. The summed E-state index contributed by atoms with van der Waals surface area (Å²) in [5.74, 6) is -1.06. The Bertz CT molecular complexity index is 1120. The Morgan fingerprint density at radius 2 is 1.78 bits per heavy atom. The van der Waals surface area contributed by atoms with Gasteiger partial charge in [-0.3, -0.25) is 14.5 Å². The number of amides is 1. The van der Waals surface area contributed by atoms with Crippen molar-refractivity contribution in [2.24, 2.45) is 0 Å². The fraction of sp³-hybridized carbons (Fsp3) is 0.333. The van der Waals surface area contributed by atoms with E-state index in [4.69, 9.17) is 39.5 Å². The van der Waals surface area contributed by atoms with Crippen LogP contribution in [0.3, 0.4) is 0 Å². The minimum absolute atomic E-state index is 0.0494. The van der Waals surface area contributed by atoms with E-state index >= 15 is 0 Å². The van der Waals surface area contributed by atoms with Crippen LogP contribution in [0.4, 0.5) is 0 Å². The minimum Gasteiger partial charge on any atom is -0.506 e. The Morgan fingerprint density at radius 1 is 1.06 bits per heavy atom. The van der Waals surface area contributed by atoms with Crippen LogP contribution in [0.5, 0.6) is 11.5 Å². The van der Waals surface area contributed by atoms with E-state index in [1.54, 1.807) is 0 Å². The molecule has 168 valence electrons. The molecular weight excluding hydrogens is 473 g/mol. The van der Waals surface area contributed by atoms with Crippen molar-refractivity contribution < 1.29 is 19.4 Å². The minimum atomic E-state index is -1.91. The normalized spacial score (nSPS) is 19.8. The van der Waals surface area contributed by atoms with Crippen molar-refractivity contribution in [1.29, 1.82) is 0 Å². The zero-order chi connectivity index (χ0) is 23.0. The molecule has 1 amide bonds. The van der Waals surface area contributed by atoms with E-state index in [2.05, 4.69) is 6.92 Å². The summed E-state index contributed by atoms with van der Waals surface area (Å²) < 4.78 is 6.19. The molecule has 4 rings (SSSR count). The topological polar surface area (TPSA) is 66.8 Å². The van der Waals surface area contributed by atoms with E-state index in [1.165, 1.54) is 11.0 Å². The summed E-state index contributed by atoms with van der Waals surface area (Å²) in [5, 5.41) is 10.2. The van der Waals surface area contributed by atoms with Crippen LogP contribution >= 0.6 is 34.8 Å². The Balaban J connectivity index is 1.78. The number of unbranched alkanes of at least 4 members (excludes halogenated alkanes) is 3. The van der Waals surface area contributed by atoms with Gasteiger partial charge in [-0.25, -0.2) is 0 Å². The van der Waals surface area contributed by atoms with Crippen molar-refractivity contribution in [1.82, 2.24) is 4.90 Å². The number of rotatable bonds is 7. The predicted molar refractivity (Wildman–Crippen MR) is 124 cm³/mol. The number of phenols is 1. The number of carbonyl (C=O) groups is 2. The number of aromatic hydroxyl groups is 1. The summed E-state index contributed by atoms with van der Waals surface area (Å²) >= 11 is 19.0. The highest BCUT2D eigenvalue weighted by atomic mass is 35.5. The van der Waals surface area contributed by atoms with Crippen LogP contribution in [0, 0.1) is 0 Å². The summed E-state index contributed by atoms with van der Waals surface area (Å²) in [6.45, 7) is 2.17. The Kier molecular flexibility index (Phi) is 6.44. The molecule has 1 unspecified atom stereocenters. The molecule has 0 aliphatic carbocycles. The molecule has 1 N–H and O–H groups in total. The third kappa shape index (κ3) is 3.57. The van der Waals surface area contributed by atoms with Gasteiger partial charge in [0.25, 0.3) is 11.6 Å². The average molecular weight is 495 g/mol.